The van der Waals surface area contributed by atoms with E-state index in [1.165, 1.54) is 16.5 Å². The summed E-state index contributed by atoms with van der Waals surface area (Å²) in [6.07, 6.45) is 1.64. The van der Waals surface area contributed by atoms with Crippen molar-refractivity contribution in [3.8, 4) is 5.75 Å². The first-order valence-corrected chi connectivity index (χ1v) is 19.9. The molecule has 12 heteroatoms. The van der Waals surface area contributed by atoms with E-state index in [0.717, 1.165) is 31.4 Å². The maximum Gasteiger partial charge on any atom is 0.514 e. The zero-order chi connectivity index (χ0) is 36.4. The molecule has 1 atom stereocenters. The Hall–Kier alpha value is -3.87. The molecule has 0 radical (unpaired) electrons. The lowest BCUT2D eigenvalue weighted by molar-refractivity contribution is 0.0208. The molecule has 0 spiro atoms. The highest BCUT2D eigenvalue weighted by Gasteiger charge is 2.40. The monoisotopic (exact) mass is 697 g/mol. The highest BCUT2D eigenvalue weighted by Crippen LogP contribution is 2.41. The van der Waals surface area contributed by atoms with Crippen LogP contribution in [0, 0.1) is 0 Å². The molecule has 270 valence electrons. The number of nitrogen functional groups attached to an aromatic ring is 1. The summed E-state index contributed by atoms with van der Waals surface area (Å²) in [5.41, 5.74) is 7.52. The Bertz CT molecular complexity index is 1590. The number of unbranched alkanes of at least 4 members (excludes halogenated alkanes) is 3. The highest BCUT2D eigenvalue weighted by molar-refractivity contribution is 6.74. The Kier molecular flexibility index (Phi) is 13.9. The molecule has 0 saturated heterocycles. The number of anilines is 1. The number of benzene rings is 2. The maximum atomic E-state index is 12.5. The van der Waals surface area contributed by atoms with Crippen molar-refractivity contribution in [1.82, 2.24) is 9.88 Å². The van der Waals surface area contributed by atoms with E-state index in [9.17, 15) is 19.5 Å². The molecule has 0 saturated carbocycles. The van der Waals surface area contributed by atoms with Crippen molar-refractivity contribution in [2.24, 2.45) is 0 Å². The third kappa shape index (κ3) is 12.5. The van der Waals surface area contributed by atoms with Gasteiger partial charge in [0.2, 0.25) is 5.56 Å². The van der Waals surface area contributed by atoms with Gasteiger partial charge in [-0.1, -0.05) is 51.8 Å². The number of amides is 1. The van der Waals surface area contributed by atoms with Crippen LogP contribution in [-0.2, 0) is 20.3 Å². The van der Waals surface area contributed by atoms with Crippen LogP contribution in [0.5, 0.6) is 5.75 Å². The predicted molar refractivity (Wildman–Crippen MR) is 196 cm³/mol. The van der Waals surface area contributed by atoms with E-state index >= 15 is 0 Å². The first kappa shape index (κ1) is 39.6. The second kappa shape index (κ2) is 17.2. The lowest BCUT2D eigenvalue weighted by atomic mass is 10.0. The van der Waals surface area contributed by atoms with Crippen molar-refractivity contribution < 1.29 is 33.3 Å². The number of fused-ring (bicyclic) bond motifs is 1. The average Bonchev–Trinajstić information content (AvgIpc) is 2.98. The van der Waals surface area contributed by atoms with Gasteiger partial charge in [0.25, 0.3) is 0 Å². The molecule has 0 aliphatic carbocycles. The predicted octanol–water partition coefficient (Wildman–Crippen LogP) is 8.29. The molecule has 49 heavy (non-hydrogen) atoms. The highest BCUT2D eigenvalue weighted by atomic mass is 28.4. The Balaban J connectivity index is 1.72. The van der Waals surface area contributed by atoms with E-state index in [1.54, 1.807) is 39.0 Å². The third-order valence-corrected chi connectivity index (χ3v) is 13.2. The van der Waals surface area contributed by atoms with Gasteiger partial charge >= 0.3 is 12.2 Å². The van der Waals surface area contributed by atoms with Gasteiger partial charge in [0.1, 0.15) is 5.60 Å². The number of H-pyrrole nitrogens is 1. The molecular formula is C37H55N3O8Si. The summed E-state index contributed by atoms with van der Waals surface area (Å²) in [5.74, 6) is 0.126. The molecular weight excluding hydrogens is 643 g/mol. The summed E-state index contributed by atoms with van der Waals surface area (Å²) in [4.78, 5) is 41.7. The molecule has 11 nitrogen and oxygen atoms in total. The fourth-order valence-electron chi connectivity index (χ4n) is 5.01. The van der Waals surface area contributed by atoms with Gasteiger partial charge in [0, 0.05) is 30.3 Å². The molecule has 3 aromatic rings. The van der Waals surface area contributed by atoms with Crippen molar-refractivity contribution in [2.45, 2.75) is 103 Å². The molecule has 3 rings (SSSR count). The minimum absolute atomic E-state index is 0.0938. The lowest BCUT2D eigenvalue weighted by Crippen LogP contribution is -2.45. The second-order valence-corrected chi connectivity index (χ2v) is 19.7. The number of nitrogens with one attached hydrogen (secondary N) is 1. The van der Waals surface area contributed by atoms with Crippen LogP contribution in [-0.4, -0.2) is 67.5 Å². The van der Waals surface area contributed by atoms with Gasteiger partial charge in [-0.2, -0.15) is 0 Å². The van der Waals surface area contributed by atoms with E-state index in [0.29, 0.717) is 42.6 Å². The number of pyridine rings is 1. The molecule has 1 aromatic heterocycles. The number of hydrogen-bond acceptors (Lipinski definition) is 8. The largest absolute Gasteiger partial charge is 0.514 e. The van der Waals surface area contributed by atoms with E-state index in [-0.39, 0.29) is 22.9 Å². The number of carboxylic acid groups (broad SMARTS) is 1. The minimum atomic E-state index is -2.42. The number of rotatable bonds is 16. The summed E-state index contributed by atoms with van der Waals surface area (Å²) < 4.78 is 23.5. The number of nitrogens with zero attached hydrogens (tertiary/aromatic N) is 1. The number of hydrogen-bond donors (Lipinski definition) is 3. The summed E-state index contributed by atoms with van der Waals surface area (Å²) in [5, 5.41) is 10.7. The van der Waals surface area contributed by atoms with Crippen LogP contribution in [0.4, 0.5) is 15.3 Å². The van der Waals surface area contributed by atoms with Crippen LogP contribution < -0.4 is 16.0 Å². The van der Waals surface area contributed by atoms with E-state index in [1.807, 2.05) is 24.3 Å². The Morgan fingerprint density at radius 1 is 0.918 bits per heavy atom. The maximum absolute atomic E-state index is 12.5. The number of carbonyl (C=O) groups is 2. The molecule has 1 heterocycles. The van der Waals surface area contributed by atoms with E-state index in [4.69, 9.17) is 24.4 Å². The molecule has 0 bridgehead atoms. The molecule has 1 amide bonds. The van der Waals surface area contributed by atoms with Gasteiger partial charge in [0.05, 0.1) is 24.8 Å². The Morgan fingerprint density at radius 2 is 1.59 bits per heavy atom. The Labute approximate surface area is 291 Å². The quantitative estimate of drug-likeness (QED) is 0.0441. The van der Waals surface area contributed by atoms with Gasteiger partial charge in [-0.05, 0) is 93.6 Å². The zero-order valence-corrected chi connectivity index (χ0v) is 31.4. The van der Waals surface area contributed by atoms with Crippen LogP contribution in [0.25, 0.3) is 10.9 Å². The average molecular weight is 698 g/mol. The van der Waals surface area contributed by atoms with E-state index < -0.39 is 32.3 Å². The standard InChI is InChI=1S/C37H55N3O8Si/c1-36(2,3)47-35(44)46-30-19-17-28(29-18-20-32(41)39-33(29)30)31(48-49(7,8)37(4,5)6)25-40(34(42)43)22-11-9-10-12-23-45-24-21-26-13-15-27(38)16-14-26/h13-20,31H,9-12,21-25,38H2,1-8H3,(H,39,41)(H,42,43). The number of aromatic nitrogens is 1. The number of ether oxygens (including phenoxy) is 3. The molecule has 0 aliphatic heterocycles. The van der Waals surface area contributed by atoms with Crippen LogP contribution in [0.3, 0.4) is 0 Å². The first-order chi connectivity index (χ1) is 22.9. The fourth-order valence-corrected chi connectivity index (χ4v) is 6.27. The topological polar surface area (TPSA) is 153 Å². The molecule has 0 fully saturated rings. The fraction of sp³-hybridized carbons (Fsp3) is 0.541. The molecule has 4 N–H and O–H groups in total. The second-order valence-electron chi connectivity index (χ2n) is 14.9. The molecule has 0 aliphatic rings. The summed E-state index contributed by atoms with van der Waals surface area (Å²) in [6.45, 7) is 17.5. The lowest BCUT2D eigenvalue weighted by Gasteiger charge is -2.40. The van der Waals surface area contributed by atoms with Gasteiger partial charge < -0.3 is 39.4 Å². The van der Waals surface area contributed by atoms with Crippen LogP contribution in [0.1, 0.15) is 84.5 Å². The first-order valence-electron chi connectivity index (χ1n) is 17.0. The smallest absolute Gasteiger partial charge is 0.465 e. The van der Waals surface area contributed by atoms with Crippen LogP contribution in [0.2, 0.25) is 18.1 Å². The van der Waals surface area contributed by atoms with Gasteiger partial charge in [-0.3, -0.25) is 4.79 Å². The molecule has 2 aromatic carbocycles. The number of carbonyl (C=O) groups excluding carboxylic acids is 1. The minimum Gasteiger partial charge on any atom is -0.465 e. The zero-order valence-electron chi connectivity index (χ0n) is 30.4. The van der Waals surface area contributed by atoms with Crippen molar-refractivity contribution >= 4 is 37.2 Å². The molecule has 1 unspecified atom stereocenters. The summed E-state index contributed by atoms with van der Waals surface area (Å²) in [6, 6.07) is 14.2. The van der Waals surface area contributed by atoms with E-state index in [2.05, 4.69) is 38.8 Å². The SMILES string of the molecule is CC(C)(C)OC(=O)Oc1ccc(C(CN(CCCCCCOCCc2ccc(N)cc2)C(=O)O)O[Si](C)(C)C(C)(C)C)c2ccc(=O)[nH]c12. The van der Waals surface area contributed by atoms with Crippen LogP contribution in [0.15, 0.2) is 53.3 Å². The van der Waals surface area contributed by atoms with Crippen molar-refractivity contribution in [1.29, 1.82) is 0 Å². The summed E-state index contributed by atoms with van der Waals surface area (Å²) in [7, 11) is -2.42. The van der Waals surface area contributed by atoms with Crippen molar-refractivity contribution in [2.75, 3.05) is 32.0 Å². The van der Waals surface area contributed by atoms with Gasteiger partial charge in [-0.15, -0.1) is 0 Å². The number of aromatic amines is 1. The van der Waals surface area contributed by atoms with Gasteiger partial charge in [0.15, 0.2) is 14.1 Å². The van der Waals surface area contributed by atoms with Crippen molar-refractivity contribution in [3.05, 3.63) is 70.0 Å². The Morgan fingerprint density at radius 3 is 2.22 bits per heavy atom. The normalized spacial score (nSPS) is 12.9. The third-order valence-electron chi connectivity index (χ3n) is 8.70. The van der Waals surface area contributed by atoms with Crippen molar-refractivity contribution in [3.63, 3.8) is 0 Å². The number of nitrogens with two attached hydrogens (primary N) is 1. The summed E-state index contributed by atoms with van der Waals surface area (Å²) >= 11 is 0. The van der Waals surface area contributed by atoms with Crippen LogP contribution >= 0.6 is 0 Å². The van der Waals surface area contributed by atoms with Gasteiger partial charge in [-0.25, -0.2) is 9.59 Å².